The first-order chi connectivity index (χ1) is 18.5. The van der Waals surface area contributed by atoms with Crippen molar-refractivity contribution in [2.75, 3.05) is 25.7 Å². The number of nitrogens with zero attached hydrogens (tertiary/aromatic N) is 3. The van der Waals surface area contributed by atoms with Crippen molar-refractivity contribution in [2.45, 2.75) is 32.5 Å². The zero-order valence-electron chi connectivity index (χ0n) is 22.0. The number of hydrogen-bond donors (Lipinski definition) is 1. The molecule has 2 aromatic heterocycles. The molecule has 7 nitrogen and oxygen atoms in total. The first-order valence-electron chi connectivity index (χ1n) is 12.6. The van der Waals surface area contributed by atoms with Crippen LogP contribution in [0.4, 0.5) is 5.69 Å². The average molecular weight is 529 g/mol. The molecule has 2 atom stereocenters. The molecule has 1 aliphatic heterocycles. The van der Waals surface area contributed by atoms with Crippen LogP contribution < -0.4 is 19.7 Å². The molecule has 8 heteroatoms. The highest BCUT2D eigenvalue weighted by Crippen LogP contribution is 2.43. The molecule has 1 N–H and O–H groups in total. The average Bonchev–Trinajstić information content (AvgIpc) is 3.43. The van der Waals surface area contributed by atoms with Crippen LogP contribution in [0.25, 0.3) is 0 Å². The van der Waals surface area contributed by atoms with Gasteiger partial charge in [0.05, 0.1) is 31.5 Å². The van der Waals surface area contributed by atoms with Gasteiger partial charge in [0.1, 0.15) is 17.2 Å². The number of aromatic nitrogens is 2. The first kappa shape index (κ1) is 25.8. The molecular formula is C30H32N4O3S. The minimum Gasteiger partial charge on any atom is -0.497 e. The predicted molar refractivity (Wildman–Crippen MR) is 153 cm³/mol. The normalized spacial score (nSPS) is 16.9. The largest absolute Gasteiger partial charge is 0.497 e. The lowest BCUT2D eigenvalue weighted by Crippen LogP contribution is -2.29. The maximum absolute atomic E-state index is 6.05. The number of rotatable bonds is 9. The fraction of sp³-hybridized carbons (Fsp3) is 0.267. The molecule has 0 spiro atoms. The van der Waals surface area contributed by atoms with Crippen LogP contribution in [0.5, 0.6) is 17.2 Å². The molecule has 0 unspecified atom stereocenters. The first-order valence-corrected chi connectivity index (χ1v) is 13.0. The number of methoxy groups -OCH3 is 2. The minimum absolute atomic E-state index is 0.0757. The van der Waals surface area contributed by atoms with Gasteiger partial charge < -0.3 is 29.0 Å². The summed E-state index contributed by atoms with van der Waals surface area (Å²) in [7, 11) is 3.38. The van der Waals surface area contributed by atoms with Crippen LogP contribution >= 0.6 is 12.2 Å². The second-order valence-corrected chi connectivity index (χ2v) is 9.63. The summed E-state index contributed by atoms with van der Waals surface area (Å²) in [5, 5.41) is 4.21. The summed E-state index contributed by atoms with van der Waals surface area (Å²) in [5.41, 5.74) is 5.52. The summed E-state index contributed by atoms with van der Waals surface area (Å²) in [6, 6.07) is 23.6. The molecule has 0 bridgehead atoms. The number of nitrogens with one attached hydrogen (secondary N) is 1. The number of aryl methyl sites for hydroxylation is 1. The molecule has 1 aliphatic rings. The molecule has 1 fully saturated rings. The minimum atomic E-state index is -0.102. The van der Waals surface area contributed by atoms with Gasteiger partial charge in [-0.3, -0.25) is 4.98 Å². The van der Waals surface area contributed by atoms with E-state index in [0.717, 1.165) is 35.2 Å². The van der Waals surface area contributed by atoms with Gasteiger partial charge in [-0.1, -0.05) is 6.07 Å². The third-order valence-electron chi connectivity index (χ3n) is 6.96. The van der Waals surface area contributed by atoms with Crippen LogP contribution in [0.2, 0.25) is 0 Å². The molecule has 0 radical (unpaired) electrons. The Morgan fingerprint density at radius 1 is 0.921 bits per heavy atom. The van der Waals surface area contributed by atoms with E-state index in [1.54, 1.807) is 14.2 Å². The van der Waals surface area contributed by atoms with E-state index in [-0.39, 0.29) is 12.1 Å². The second-order valence-electron chi connectivity index (χ2n) is 9.24. The molecule has 3 heterocycles. The van der Waals surface area contributed by atoms with Crippen molar-refractivity contribution < 1.29 is 14.2 Å². The molecule has 1 saturated heterocycles. The van der Waals surface area contributed by atoms with Crippen LogP contribution in [0.3, 0.4) is 0 Å². The SMILES string of the molecule is COCCn1c(C)cc([C@@H]2[C@H](c3ccccn3)NC(=S)N2c2ccc(Oc3ccc(OC)cc3)cc2)c1C. The maximum atomic E-state index is 6.05. The van der Waals surface area contributed by atoms with Crippen molar-refractivity contribution in [3.8, 4) is 17.2 Å². The second kappa shape index (κ2) is 11.2. The Bertz CT molecular complexity index is 1390. The summed E-state index contributed by atoms with van der Waals surface area (Å²) < 4.78 is 19.0. The monoisotopic (exact) mass is 528 g/mol. The maximum Gasteiger partial charge on any atom is 0.174 e. The Labute approximate surface area is 229 Å². The smallest absolute Gasteiger partial charge is 0.174 e. The highest BCUT2D eigenvalue weighted by atomic mass is 32.1. The van der Waals surface area contributed by atoms with E-state index in [4.69, 9.17) is 26.4 Å². The molecular weight excluding hydrogens is 496 g/mol. The molecule has 0 aliphatic carbocycles. The lowest BCUT2D eigenvalue weighted by molar-refractivity contribution is 0.186. The Balaban J connectivity index is 1.49. The zero-order valence-corrected chi connectivity index (χ0v) is 22.9. The summed E-state index contributed by atoms with van der Waals surface area (Å²) in [5.74, 6) is 2.28. The van der Waals surface area contributed by atoms with Gasteiger partial charge in [-0.05, 0) is 98.4 Å². The van der Waals surface area contributed by atoms with Crippen molar-refractivity contribution >= 4 is 23.0 Å². The molecule has 2 aromatic carbocycles. The Morgan fingerprint density at radius 3 is 2.24 bits per heavy atom. The topological polar surface area (TPSA) is 60.8 Å². The van der Waals surface area contributed by atoms with E-state index < -0.39 is 0 Å². The number of hydrogen-bond acceptors (Lipinski definition) is 5. The molecule has 196 valence electrons. The van der Waals surface area contributed by atoms with E-state index >= 15 is 0 Å². The number of anilines is 1. The van der Waals surface area contributed by atoms with E-state index in [2.05, 4.69) is 39.7 Å². The van der Waals surface area contributed by atoms with Crippen molar-refractivity contribution in [3.05, 3.63) is 102 Å². The van der Waals surface area contributed by atoms with Crippen molar-refractivity contribution in [1.82, 2.24) is 14.9 Å². The number of ether oxygens (including phenoxy) is 3. The Morgan fingerprint density at radius 2 is 1.61 bits per heavy atom. The fourth-order valence-electron chi connectivity index (χ4n) is 5.06. The van der Waals surface area contributed by atoms with Gasteiger partial charge in [0.2, 0.25) is 0 Å². The van der Waals surface area contributed by atoms with Crippen molar-refractivity contribution in [1.29, 1.82) is 0 Å². The third-order valence-corrected chi connectivity index (χ3v) is 7.27. The van der Waals surface area contributed by atoms with Crippen LogP contribution in [-0.2, 0) is 11.3 Å². The van der Waals surface area contributed by atoms with Crippen LogP contribution in [-0.4, -0.2) is 35.5 Å². The third kappa shape index (κ3) is 5.10. The van der Waals surface area contributed by atoms with Crippen LogP contribution in [0, 0.1) is 13.8 Å². The predicted octanol–water partition coefficient (Wildman–Crippen LogP) is 6.12. The summed E-state index contributed by atoms with van der Waals surface area (Å²) in [4.78, 5) is 6.87. The van der Waals surface area contributed by atoms with E-state index in [1.165, 1.54) is 17.0 Å². The summed E-state index contributed by atoms with van der Waals surface area (Å²) in [6.45, 7) is 5.75. The molecule has 0 amide bonds. The van der Waals surface area contributed by atoms with Crippen molar-refractivity contribution in [2.24, 2.45) is 0 Å². The summed E-state index contributed by atoms with van der Waals surface area (Å²) in [6.07, 6.45) is 1.83. The quantitative estimate of drug-likeness (QED) is 0.263. The van der Waals surface area contributed by atoms with Gasteiger partial charge in [0.15, 0.2) is 5.11 Å². The Kier molecular flexibility index (Phi) is 7.62. The van der Waals surface area contributed by atoms with E-state index in [9.17, 15) is 0 Å². The van der Waals surface area contributed by atoms with Gasteiger partial charge >= 0.3 is 0 Å². The molecule has 4 aromatic rings. The number of pyridine rings is 1. The Hall–Kier alpha value is -3.88. The van der Waals surface area contributed by atoms with Gasteiger partial charge in [-0.2, -0.15) is 0 Å². The van der Waals surface area contributed by atoms with E-state index in [0.29, 0.717) is 11.7 Å². The zero-order chi connectivity index (χ0) is 26.6. The van der Waals surface area contributed by atoms with E-state index in [1.807, 2.05) is 72.9 Å². The highest BCUT2D eigenvalue weighted by Gasteiger charge is 2.42. The van der Waals surface area contributed by atoms with Crippen molar-refractivity contribution in [3.63, 3.8) is 0 Å². The molecule has 0 saturated carbocycles. The molecule has 38 heavy (non-hydrogen) atoms. The summed E-state index contributed by atoms with van der Waals surface area (Å²) >= 11 is 5.91. The highest BCUT2D eigenvalue weighted by molar-refractivity contribution is 7.80. The fourth-order valence-corrected chi connectivity index (χ4v) is 5.40. The number of thiocarbonyl (C=S) groups is 1. The van der Waals surface area contributed by atoms with Crippen LogP contribution in [0.1, 0.15) is 34.7 Å². The lowest BCUT2D eigenvalue weighted by Gasteiger charge is -2.28. The lowest BCUT2D eigenvalue weighted by atomic mass is 9.96. The van der Waals surface area contributed by atoms with Gasteiger partial charge in [0, 0.05) is 36.9 Å². The standard InChI is InChI=1S/C30H32N4O3S/c1-20-19-26(21(2)33(20)17-18-35-3)29-28(27-7-5-6-16-31-27)32-30(38)34(29)22-8-10-24(11-9-22)37-25-14-12-23(36-4)13-15-25/h5-16,19,28-29H,17-18H2,1-4H3,(H,32,38)/t28-,29+/m0/s1. The van der Waals surface area contributed by atoms with Crippen LogP contribution in [0.15, 0.2) is 79.0 Å². The van der Waals surface area contributed by atoms with Gasteiger partial charge in [0.25, 0.3) is 0 Å². The molecule has 5 rings (SSSR count). The number of benzene rings is 2. The van der Waals surface area contributed by atoms with Gasteiger partial charge in [-0.25, -0.2) is 0 Å². The van der Waals surface area contributed by atoms with Gasteiger partial charge in [-0.15, -0.1) is 0 Å².